The number of aromatic nitrogens is 2. The van der Waals surface area contributed by atoms with Gasteiger partial charge < -0.3 is 16.0 Å². The molecule has 33 heavy (non-hydrogen) atoms. The van der Waals surface area contributed by atoms with E-state index in [2.05, 4.69) is 25.9 Å². The molecule has 0 bridgehead atoms. The molecule has 1 heterocycles. The Kier molecular flexibility index (Phi) is 6.59. The fourth-order valence-electron chi connectivity index (χ4n) is 3.26. The maximum Gasteiger partial charge on any atom is 0.229 e. The quantitative estimate of drug-likeness (QED) is 0.333. The molecule has 3 N–H and O–H groups in total. The predicted molar refractivity (Wildman–Crippen MR) is 130 cm³/mol. The molecule has 0 saturated heterocycles. The van der Waals surface area contributed by atoms with E-state index in [0.717, 1.165) is 17.1 Å². The lowest BCUT2D eigenvalue weighted by Gasteiger charge is -2.11. The van der Waals surface area contributed by atoms with Gasteiger partial charge in [-0.15, -0.1) is 0 Å². The van der Waals surface area contributed by atoms with Crippen LogP contribution < -0.4 is 16.0 Å². The first-order valence-corrected chi connectivity index (χ1v) is 10.5. The van der Waals surface area contributed by atoms with Gasteiger partial charge in [0.15, 0.2) is 0 Å². The number of carbonyl (C=O) groups excluding carboxylic acids is 1. The number of carbonyl (C=O) groups is 1. The summed E-state index contributed by atoms with van der Waals surface area (Å²) in [6.07, 6.45) is -0.0272. The van der Waals surface area contributed by atoms with Crippen molar-refractivity contribution in [3.8, 4) is 0 Å². The van der Waals surface area contributed by atoms with Crippen molar-refractivity contribution in [2.45, 2.75) is 20.3 Å². The van der Waals surface area contributed by atoms with Gasteiger partial charge in [0.2, 0.25) is 11.9 Å². The smallest absolute Gasteiger partial charge is 0.229 e. The van der Waals surface area contributed by atoms with Gasteiger partial charge in [0.05, 0.1) is 6.42 Å². The number of hydrogen-bond donors (Lipinski definition) is 3. The van der Waals surface area contributed by atoms with Crippen molar-refractivity contribution in [2.75, 3.05) is 16.0 Å². The van der Waals surface area contributed by atoms with E-state index in [4.69, 9.17) is 0 Å². The Morgan fingerprint density at radius 1 is 0.818 bits per heavy atom. The molecule has 0 aliphatic rings. The molecule has 0 spiro atoms. The van der Waals surface area contributed by atoms with Gasteiger partial charge in [-0.1, -0.05) is 35.9 Å². The molecular formula is C26H24FN5O. The third-order valence-corrected chi connectivity index (χ3v) is 4.91. The Labute approximate surface area is 191 Å². The molecule has 7 heteroatoms. The molecule has 0 radical (unpaired) electrons. The van der Waals surface area contributed by atoms with Crippen LogP contribution in [0.15, 0.2) is 78.9 Å². The molecule has 1 amide bonds. The topological polar surface area (TPSA) is 78.9 Å². The molecule has 4 rings (SSSR count). The summed E-state index contributed by atoms with van der Waals surface area (Å²) in [7, 11) is 0. The average molecular weight is 442 g/mol. The summed E-state index contributed by atoms with van der Waals surface area (Å²) in [4.78, 5) is 21.2. The first-order valence-electron chi connectivity index (χ1n) is 10.5. The van der Waals surface area contributed by atoms with Gasteiger partial charge in [0.1, 0.15) is 11.6 Å². The Bertz CT molecular complexity index is 1260. The largest absolute Gasteiger partial charge is 0.340 e. The molecule has 166 valence electrons. The zero-order valence-corrected chi connectivity index (χ0v) is 18.4. The number of aryl methyl sites for hydroxylation is 2. The van der Waals surface area contributed by atoms with Crippen LogP contribution in [0.25, 0.3) is 0 Å². The van der Waals surface area contributed by atoms with Crippen molar-refractivity contribution in [2.24, 2.45) is 0 Å². The summed E-state index contributed by atoms with van der Waals surface area (Å²) in [5, 5.41) is 9.25. The molecular weight excluding hydrogens is 417 g/mol. The van der Waals surface area contributed by atoms with Crippen molar-refractivity contribution in [1.29, 1.82) is 0 Å². The lowest BCUT2D eigenvalue weighted by atomic mass is 10.1. The van der Waals surface area contributed by atoms with Crippen molar-refractivity contribution in [1.82, 2.24) is 9.97 Å². The maximum absolute atomic E-state index is 13.7. The minimum absolute atomic E-state index is 0.0272. The summed E-state index contributed by atoms with van der Waals surface area (Å²) in [5.74, 6) is 0.475. The van der Waals surface area contributed by atoms with E-state index >= 15 is 0 Å². The van der Waals surface area contributed by atoms with E-state index in [1.807, 2.05) is 56.3 Å². The highest BCUT2D eigenvalue weighted by Gasteiger charge is 2.09. The number of nitrogens with one attached hydrogen (secondary N) is 3. The second-order valence-electron chi connectivity index (χ2n) is 7.73. The van der Waals surface area contributed by atoms with E-state index in [9.17, 15) is 9.18 Å². The third-order valence-electron chi connectivity index (χ3n) is 4.91. The van der Waals surface area contributed by atoms with Crippen molar-refractivity contribution < 1.29 is 9.18 Å². The molecule has 0 aliphatic heterocycles. The normalized spacial score (nSPS) is 10.5. The first kappa shape index (κ1) is 22.0. The number of halogens is 1. The fraction of sp³-hybridized carbons (Fsp3) is 0.115. The lowest BCUT2D eigenvalue weighted by molar-refractivity contribution is -0.115. The monoisotopic (exact) mass is 441 g/mol. The molecule has 0 saturated carbocycles. The van der Waals surface area contributed by atoms with Crippen LogP contribution in [0.1, 0.15) is 16.8 Å². The average Bonchev–Trinajstić information content (AvgIpc) is 2.78. The minimum atomic E-state index is -0.387. The SMILES string of the molecule is Cc1ccc(Nc2cc(C)nc(Nc3ccc(NC(=O)Cc4ccccc4F)cc3)n2)cc1. The number of benzene rings is 3. The van der Waals surface area contributed by atoms with Crippen LogP contribution in [0, 0.1) is 19.7 Å². The molecule has 0 fully saturated rings. The van der Waals surface area contributed by atoms with Crippen molar-refractivity contribution in [3.05, 3.63) is 102 Å². The molecule has 0 unspecified atom stereocenters. The van der Waals surface area contributed by atoms with E-state index in [0.29, 0.717) is 23.0 Å². The molecule has 6 nitrogen and oxygen atoms in total. The fourth-order valence-corrected chi connectivity index (χ4v) is 3.26. The van der Waals surface area contributed by atoms with Gasteiger partial charge >= 0.3 is 0 Å². The summed E-state index contributed by atoms with van der Waals surface area (Å²) in [6.45, 7) is 3.95. The highest BCUT2D eigenvalue weighted by Crippen LogP contribution is 2.21. The molecule has 1 aromatic heterocycles. The van der Waals surface area contributed by atoms with Crippen LogP contribution in [-0.2, 0) is 11.2 Å². The zero-order valence-electron chi connectivity index (χ0n) is 18.4. The number of anilines is 5. The van der Waals surface area contributed by atoms with Crippen LogP contribution in [0.4, 0.5) is 33.2 Å². The van der Waals surface area contributed by atoms with Crippen molar-refractivity contribution >= 4 is 34.7 Å². The van der Waals surface area contributed by atoms with Gasteiger partial charge in [0.25, 0.3) is 0 Å². The Balaban J connectivity index is 1.39. The lowest BCUT2D eigenvalue weighted by Crippen LogP contribution is -2.15. The minimum Gasteiger partial charge on any atom is -0.340 e. The second-order valence-corrected chi connectivity index (χ2v) is 7.73. The van der Waals surface area contributed by atoms with Gasteiger partial charge in [0, 0.05) is 28.8 Å². The Morgan fingerprint density at radius 3 is 2.18 bits per heavy atom. The van der Waals surface area contributed by atoms with E-state index in [1.54, 1.807) is 30.3 Å². The molecule has 4 aromatic rings. The van der Waals surface area contributed by atoms with Crippen LogP contribution in [0.5, 0.6) is 0 Å². The van der Waals surface area contributed by atoms with Gasteiger partial charge in [-0.2, -0.15) is 4.98 Å². The summed E-state index contributed by atoms with van der Waals surface area (Å²) in [6, 6.07) is 23.4. The molecule has 3 aromatic carbocycles. The van der Waals surface area contributed by atoms with Crippen LogP contribution in [-0.4, -0.2) is 15.9 Å². The van der Waals surface area contributed by atoms with E-state index in [-0.39, 0.29) is 18.1 Å². The van der Waals surface area contributed by atoms with Crippen LogP contribution in [0.3, 0.4) is 0 Å². The zero-order chi connectivity index (χ0) is 23.2. The summed E-state index contributed by atoms with van der Waals surface area (Å²) < 4.78 is 13.7. The van der Waals surface area contributed by atoms with Gasteiger partial charge in [-0.05, 0) is 61.9 Å². The second kappa shape index (κ2) is 9.91. The highest BCUT2D eigenvalue weighted by molar-refractivity contribution is 5.92. The Morgan fingerprint density at radius 2 is 1.45 bits per heavy atom. The standard InChI is InChI=1S/C26H24FN5O/c1-17-7-9-20(10-8-17)29-24-15-18(2)28-26(32-24)31-22-13-11-21(12-14-22)30-25(33)16-19-5-3-4-6-23(19)27/h3-15H,16H2,1-2H3,(H,30,33)(H2,28,29,31,32). The molecule has 0 atom stereocenters. The number of nitrogens with zero attached hydrogens (tertiary/aromatic N) is 2. The van der Waals surface area contributed by atoms with Gasteiger partial charge in [-0.25, -0.2) is 9.37 Å². The summed E-state index contributed by atoms with van der Waals surface area (Å²) >= 11 is 0. The van der Waals surface area contributed by atoms with E-state index < -0.39 is 0 Å². The van der Waals surface area contributed by atoms with Crippen LogP contribution in [0.2, 0.25) is 0 Å². The number of amides is 1. The maximum atomic E-state index is 13.7. The summed E-state index contributed by atoms with van der Waals surface area (Å²) in [5.41, 5.74) is 4.70. The predicted octanol–water partition coefficient (Wildman–Crippen LogP) is 5.90. The van der Waals surface area contributed by atoms with Crippen molar-refractivity contribution in [3.63, 3.8) is 0 Å². The third kappa shape index (κ3) is 6.13. The first-order chi connectivity index (χ1) is 15.9. The Hall–Kier alpha value is -4.26. The van der Waals surface area contributed by atoms with Crippen LogP contribution >= 0.6 is 0 Å². The van der Waals surface area contributed by atoms with E-state index in [1.165, 1.54) is 11.6 Å². The highest BCUT2D eigenvalue weighted by atomic mass is 19.1. The molecule has 0 aliphatic carbocycles. The number of rotatable bonds is 7. The van der Waals surface area contributed by atoms with Gasteiger partial charge in [-0.3, -0.25) is 4.79 Å². The number of hydrogen-bond acceptors (Lipinski definition) is 5.